The molecule has 0 aromatic carbocycles. The van der Waals surface area contributed by atoms with Crippen molar-refractivity contribution in [3.63, 3.8) is 0 Å². The minimum atomic E-state index is -4.63. The van der Waals surface area contributed by atoms with Crippen LogP contribution in [0, 0.1) is 5.95 Å². The molecule has 3 aromatic rings. The molecule has 1 amide bonds. The SMILES string of the molecule is CNC(=O)c1ccc(N2CCC(N3CC4(c5nn6ccc(C(F)(F)F)c6c(=O)[nH]5)CC3C4)CC2)c(F)n1. The van der Waals surface area contributed by atoms with E-state index in [0.29, 0.717) is 37.2 Å². The van der Waals surface area contributed by atoms with Gasteiger partial charge < -0.3 is 15.2 Å². The van der Waals surface area contributed by atoms with Crippen LogP contribution in [-0.4, -0.2) is 69.2 Å². The van der Waals surface area contributed by atoms with Crippen molar-refractivity contribution in [2.75, 3.05) is 31.6 Å². The van der Waals surface area contributed by atoms with E-state index in [1.165, 1.54) is 19.3 Å². The molecular formula is C24H25F4N7O2. The number of anilines is 1. The van der Waals surface area contributed by atoms with Gasteiger partial charge in [-0.25, -0.2) is 9.50 Å². The molecule has 0 spiro atoms. The molecule has 2 bridgehead atoms. The van der Waals surface area contributed by atoms with Crippen molar-refractivity contribution in [3.05, 3.63) is 57.8 Å². The summed E-state index contributed by atoms with van der Waals surface area (Å²) in [5.41, 5.74) is -2.26. The molecule has 6 heterocycles. The molecule has 196 valence electrons. The summed E-state index contributed by atoms with van der Waals surface area (Å²) in [5.74, 6) is -0.695. The van der Waals surface area contributed by atoms with Crippen LogP contribution in [0.3, 0.4) is 0 Å². The first kappa shape index (κ1) is 23.9. The number of alkyl halides is 3. The lowest BCUT2D eigenvalue weighted by molar-refractivity contribution is -0.136. The Morgan fingerprint density at radius 2 is 1.89 bits per heavy atom. The van der Waals surface area contributed by atoms with Gasteiger partial charge in [0, 0.05) is 50.4 Å². The Bertz CT molecular complexity index is 1440. The maximum atomic E-state index is 14.6. The van der Waals surface area contributed by atoms with Gasteiger partial charge in [0.15, 0.2) is 0 Å². The van der Waals surface area contributed by atoms with E-state index < -0.39 is 34.7 Å². The molecule has 13 heteroatoms. The number of piperidine rings is 1. The Labute approximate surface area is 208 Å². The number of aromatic amines is 1. The highest BCUT2D eigenvalue weighted by Crippen LogP contribution is 2.53. The summed E-state index contributed by atoms with van der Waals surface area (Å²) in [4.78, 5) is 35.1. The molecule has 3 aliphatic heterocycles. The molecule has 3 saturated heterocycles. The smallest absolute Gasteiger partial charge is 0.368 e. The van der Waals surface area contributed by atoms with Crippen LogP contribution in [-0.2, 0) is 11.6 Å². The molecule has 37 heavy (non-hydrogen) atoms. The molecule has 0 unspecified atom stereocenters. The van der Waals surface area contributed by atoms with E-state index >= 15 is 0 Å². The summed E-state index contributed by atoms with van der Waals surface area (Å²) in [5, 5.41) is 6.81. The van der Waals surface area contributed by atoms with Crippen molar-refractivity contribution in [3.8, 4) is 0 Å². The van der Waals surface area contributed by atoms with E-state index in [4.69, 9.17) is 0 Å². The highest BCUT2D eigenvalue weighted by molar-refractivity contribution is 5.92. The van der Waals surface area contributed by atoms with Crippen molar-refractivity contribution in [2.24, 2.45) is 0 Å². The summed E-state index contributed by atoms with van der Waals surface area (Å²) >= 11 is 0. The number of carbonyl (C=O) groups excluding carboxylic acids is 1. The molecule has 0 radical (unpaired) electrons. The molecule has 4 fully saturated rings. The zero-order valence-electron chi connectivity index (χ0n) is 20.0. The number of halogens is 4. The van der Waals surface area contributed by atoms with Gasteiger partial charge in [0.25, 0.3) is 11.5 Å². The first-order chi connectivity index (χ1) is 17.6. The zero-order valence-corrected chi connectivity index (χ0v) is 20.0. The van der Waals surface area contributed by atoms with Crippen molar-refractivity contribution in [2.45, 2.75) is 49.4 Å². The van der Waals surface area contributed by atoms with Gasteiger partial charge in [-0.1, -0.05) is 0 Å². The fourth-order valence-electron chi connectivity index (χ4n) is 6.23. The van der Waals surface area contributed by atoms with Gasteiger partial charge in [-0.3, -0.25) is 14.5 Å². The molecular weight excluding hydrogens is 494 g/mol. The van der Waals surface area contributed by atoms with Crippen molar-refractivity contribution in [1.29, 1.82) is 0 Å². The number of carbonyl (C=O) groups is 1. The normalized spacial score (nSPS) is 24.5. The van der Waals surface area contributed by atoms with Crippen LogP contribution >= 0.6 is 0 Å². The number of hydrogen-bond acceptors (Lipinski definition) is 6. The Morgan fingerprint density at radius 3 is 2.54 bits per heavy atom. The number of nitrogens with zero attached hydrogens (tertiary/aromatic N) is 5. The molecule has 1 aliphatic carbocycles. The van der Waals surface area contributed by atoms with Crippen LogP contribution in [0.25, 0.3) is 5.52 Å². The molecule has 4 aliphatic rings. The average Bonchev–Trinajstić information content (AvgIpc) is 3.55. The van der Waals surface area contributed by atoms with Crippen LogP contribution in [0.15, 0.2) is 29.2 Å². The number of pyridine rings is 1. The topological polar surface area (TPSA) is 98.6 Å². The molecule has 9 nitrogen and oxygen atoms in total. The predicted octanol–water partition coefficient (Wildman–Crippen LogP) is 2.32. The van der Waals surface area contributed by atoms with Gasteiger partial charge in [0.05, 0.1) is 11.3 Å². The van der Waals surface area contributed by atoms with Gasteiger partial charge in [-0.05, 0) is 43.9 Å². The minimum Gasteiger partial charge on any atom is -0.368 e. The van der Waals surface area contributed by atoms with Gasteiger partial charge in [-0.2, -0.15) is 22.7 Å². The lowest BCUT2D eigenvalue weighted by Crippen LogP contribution is -2.46. The third-order valence-electron chi connectivity index (χ3n) is 8.10. The Kier molecular flexibility index (Phi) is 5.34. The second-order valence-corrected chi connectivity index (χ2v) is 10.1. The highest BCUT2D eigenvalue weighted by Gasteiger charge is 2.59. The van der Waals surface area contributed by atoms with E-state index in [-0.39, 0.29) is 17.2 Å². The summed E-state index contributed by atoms with van der Waals surface area (Å²) in [6.45, 7) is 1.92. The van der Waals surface area contributed by atoms with Crippen molar-refractivity contribution in [1.82, 2.24) is 29.8 Å². The number of rotatable bonds is 4. The third-order valence-corrected chi connectivity index (χ3v) is 8.10. The number of hydrogen-bond donors (Lipinski definition) is 2. The standard InChI is InChI=1S/C24H25F4N7O2/c1-29-20(36)16-2-3-17(19(25)30-16)33-7-4-13(5-8-33)34-12-23(10-14(34)11-23)22-31-21(37)18-15(24(26,27)28)6-9-35(18)32-22/h2-3,6,9,13-14H,4-5,7-8,10-12H2,1H3,(H,29,36)(H,31,32,37). The molecule has 1 saturated carbocycles. The average molecular weight is 520 g/mol. The Hall–Kier alpha value is -3.48. The Balaban J connectivity index is 1.15. The minimum absolute atomic E-state index is 0.0279. The molecule has 0 atom stereocenters. The quantitative estimate of drug-likeness (QED) is 0.406. The zero-order chi connectivity index (χ0) is 26.1. The largest absolute Gasteiger partial charge is 0.418 e. The van der Waals surface area contributed by atoms with Gasteiger partial charge >= 0.3 is 6.18 Å². The summed E-state index contributed by atoms with van der Waals surface area (Å²) in [7, 11) is 1.46. The Morgan fingerprint density at radius 1 is 1.16 bits per heavy atom. The summed E-state index contributed by atoms with van der Waals surface area (Å²) < 4.78 is 55.4. The van der Waals surface area contributed by atoms with Crippen LogP contribution in [0.2, 0.25) is 0 Å². The van der Waals surface area contributed by atoms with Crippen LogP contribution in [0.5, 0.6) is 0 Å². The van der Waals surface area contributed by atoms with E-state index in [9.17, 15) is 27.2 Å². The lowest BCUT2D eigenvalue weighted by Gasteiger charge is -2.40. The van der Waals surface area contributed by atoms with Gasteiger partial charge in [0.2, 0.25) is 5.95 Å². The number of nitrogens with one attached hydrogen (secondary N) is 2. The van der Waals surface area contributed by atoms with E-state index in [2.05, 4.69) is 25.3 Å². The van der Waals surface area contributed by atoms with E-state index in [0.717, 1.165) is 36.3 Å². The number of amides is 1. The maximum Gasteiger partial charge on any atom is 0.418 e. The van der Waals surface area contributed by atoms with E-state index in [1.54, 1.807) is 6.07 Å². The summed E-state index contributed by atoms with van der Waals surface area (Å²) in [6, 6.07) is 4.55. The van der Waals surface area contributed by atoms with Crippen LogP contribution in [0.4, 0.5) is 23.2 Å². The van der Waals surface area contributed by atoms with Gasteiger partial charge in [-0.15, -0.1) is 0 Å². The third kappa shape index (κ3) is 3.78. The number of H-pyrrole nitrogens is 1. The molecule has 2 N–H and O–H groups in total. The van der Waals surface area contributed by atoms with Crippen LogP contribution in [0.1, 0.15) is 47.6 Å². The molecule has 7 rings (SSSR count). The molecule has 3 aromatic heterocycles. The first-order valence-electron chi connectivity index (χ1n) is 12.2. The van der Waals surface area contributed by atoms with E-state index in [1.807, 2.05) is 4.90 Å². The predicted molar refractivity (Wildman–Crippen MR) is 125 cm³/mol. The first-order valence-corrected chi connectivity index (χ1v) is 12.2. The summed E-state index contributed by atoms with van der Waals surface area (Å²) in [6.07, 6.45) is -0.267. The highest BCUT2D eigenvalue weighted by atomic mass is 19.4. The second-order valence-electron chi connectivity index (χ2n) is 10.1. The second kappa shape index (κ2) is 8.27. The van der Waals surface area contributed by atoms with Crippen molar-refractivity contribution >= 4 is 17.1 Å². The van der Waals surface area contributed by atoms with Crippen LogP contribution < -0.4 is 15.8 Å². The maximum absolute atomic E-state index is 14.6. The number of aromatic nitrogens is 4. The fourth-order valence-corrected chi connectivity index (χ4v) is 6.23. The lowest BCUT2D eigenvalue weighted by atomic mass is 9.69. The monoisotopic (exact) mass is 519 g/mol. The fraction of sp³-hybridized carbons (Fsp3) is 0.500. The number of fused-ring (bicyclic) bond motifs is 2. The van der Waals surface area contributed by atoms with Gasteiger partial charge in [0.1, 0.15) is 17.0 Å². The van der Waals surface area contributed by atoms with Crippen molar-refractivity contribution < 1.29 is 22.4 Å².